The topological polar surface area (TPSA) is 0 Å². The molecule has 5 aliphatic carbocycles. The number of hydrogen-bond donors (Lipinski definition) is 0. The van der Waals surface area contributed by atoms with Gasteiger partial charge in [0.25, 0.3) is 0 Å². The number of alkyl halides is 6. The lowest BCUT2D eigenvalue weighted by Crippen LogP contribution is -2.70. The molecule has 0 saturated heterocycles. The minimum atomic E-state index is 0.267. The standard InChI is InChI=1S/C14H14Br6/c15-9-4-1-3-7(9)13(19)6-2-5(11(13)17)12(18)14(6,20)8(3)10(4)16/h3-12H,1-2H2. The SMILES string of the molecule is BrC1C2CC3C1C1(Br)C(Br)C4CC1C(Br)(C4Br)C3C2Br. The molecule has 20 heavy (non-hydrogen) atoms. The lowest BCUT2D eigenvalue weighted by molar-refractivity contribution is 0.0567. The molecule has 0 aromatic carbocycles. The van der Waals surface area contributed by atoms with Crippen molar-refractivity contribution in [3.05, 3.63) is 0 Å². The summed E-state index contributed by atoms with van der Waals surface area (Å²) in [6.45, 7) is 0. The molecular weight excluding hydrogens is 648 g/mol. The number of rotatable bonds is 0. The molecule has 0 nitrogen and oxygen atoms in total. The first kappa shape index (κ1) is 15.2. The van der Waals surface area contributed by atoms with Crippen LogP contribution in [0.3, 0.4) is 0 Å². The largest absolute Gasteiger partial charge is 0.0884 e. The van der Waals surface area contributed by atoms with Crippen molar-refractivity contribution < 1.29 is 0 Å². The maximum atomic E-state index is 4.29. The molecular formula is C14H14Br6. The van der Waals surface area contributed by atoms with E-state index in [9.17, 15) is 0 Å². The highest BCUT2D eigenvalue weighted by molar-refractivity contribution is 9.13. The van der Waals surface area contributed by atoms with E-state index in [1.807, 2.05) is 0 Å². The zero-order chi connectivity index (χ0) is 14.2. The zero-order valence-corrected chi connectivity index (χ0v) is 20.0. The molecule has 0 aromatic rings. The molecule has 5 saturated carbocycles. The predicted octanol–water partition coefficient (Wildman–Crippen LogP) is 5.85. The van der Waals surface area contributed by atoms with Gasteiger partial charge in [-0.15, -0.1) is 0 Å². The van der Waals surface area contributed by atoms with Crippen molar-refractivity contribution in [1.82, 2.24) is 0 Å². The van der Waals surface area contributed by atoms with E-state index in [1.165, 1.54) is 12.8 Å². The van der Waals surface area contributed by atoms with Gasteiger partial charge in [-0.05, 0) is 48.3 Å². The lowest BCUT2D eigenvalue weighted by atomic mass is 9.55. The molecule has 8 unspecified atom stereocenters. The van der Waals surface area contributed by atoms with Crippen LogP contribution in [0, 0.1) is 35.5 Å². The summed E-state index contributed by atoms with van der Waals surface area (Å²) in [7, 11) is 0. The molecule has 112 valence electrons. The number of halogens is 6. The summed E-state index contributed by atoms with van der Waals surface area (Å²) >= 11 is 24.9. The molecule has 8 atom stereocenters. The fraction of sp³-hybridized carbons (Fsp3) is 1.00. The van der Waals surface area contributed by atoms with Gasteiger partial charge in [0.2, 0.25) is 0 Å². The first-order valence-electron chi connectivity index (χ1n) is 7.28. The molecule has 5 rings (SSSR count). The average Bonchev–Trinajstić information content (AvgIpc) is 3.04. The molecule has 0 spiro atoms. The van der Waals surface area contributed by atoms with Gasteiger partial charge in [0.1, 0.15) is 0 Å². The van der Waals surface area contributed by atoms with Gasteiger partial charge in [0, 0.05) is 28.0 Å². The van der Waals surface area contributed by atoms with E-state index < -0.39 is 0 Å². The summed E-state index contributed by atoms with van der Waals surface area (Å²) < 4.78 is 0.533. The van der Waals surface area contributed by atoms with Crippen LogP contribution in [0.25, 0.3) is 0 Å². The van der Waals surface area contributed by atoms with Gasteiger partial charge in [-0.1, -0.05) is 95.6 Å². The van der Waals surface area contributed by atoms with Gasteiger partial charge in [-0.2, -0.15) is 0 Å². The fourth-order valence-electron chi connectivity index (χ4n) is 6.65. The van der Waals surface area contributed by atoms with Crippen molar-refractivity contribution in [1.29, 1.82) is 0 Å². The summed E-state index contributed by atoms with van der Waals surface area (Å²) in [6.07, 6.45) is 2.73. The Morgan fingerprint density at radius 2 is 1.15 bits per heavy atom. The van der Waals surface area contributed by atoms with Gasteiger partial charge < -0.3 is 0 Å². The Morgan fingerprint density at radius 1 is 0.650 bits per heavy atom. The summed E-state index contributed by atoms with van der Waals surface area (Å²) in [5, 5.41) is 0. The van der Waals surface area contributed by atoms with Gasteiger partial charge in [0.15, 0.2) is 0 Å². The van der Waals surface area contributed by atoms with E-state index in [0.717, 1.165) is 35.5 Å². The van der Waals surface area contributed by atoms with Crippen LogP contribution in [0.15, 0.2) is 0 Å². The summed E-state index contributed by atoms with van der Waals surface area (Å²) in [6, 6.07) is 0. The molecule has 0 aliphatic heterocycles. The average molecular weight is 662 g/mol. The van der Waals surface area contributed by atoms with Crippen molar-refractivity contribution in [2.24, 2.45) is 35.5 Å². The van der Waals surface area contributed by atoms with Crippen LogP contribution in [0.1, 0.15) is 12.8 Å². The molecule has 6 heteroatoms. The molecule has 0 radical (unpaired) electrons. The predicted molar refractivity (Wildman–Crippen MR) is 104 cm³/mol. The van der Waals surface area contributed by atoms with E-state index >= 15 is 0 Å². The smallest absolute Gasteiger partial charge is 0.0469 e. The second-order valence-electron chi connectivity index (χ2n) is 7.41. The van der Waals surface area contributed by atoms with E-state index in [-0.39, 0.29) is 8.65 Å². The van der Waals surface area contributed by atoms with Crippen molar-refractivity contribution in [2.45, 2.75) is 40.8 Å². The van der Waals surface area contributed by atoms with Crippen molar-refractivity contribution in [2.75, 3.05) is 0 Å². The Kier molecular flexibility index (Phi) is 3.29. The van der Waals surface area contributed by atoms with Gasteiger partial charge >= 0.3 is 0 Å². The molecule has 0 heterocycles. The molecule has 0 N–H and O–H groups in total. The monoisotopic (exact) mass is 656 g/mol. The summed E-state index contributed by atoms with van der Waals surface area (Å²) in [5.74, 6) is 4.63. The van der Waals surface area contributed by atoms with E-state index in [1.54, 1.807) is 0 Å². The van der Waals surface area contributed by atoms with Crippen LogP contribution in [0.5, 0.6) is 0 Å². The van der Waals surface area contributed by atoms with Gasteiger partial charge in [-0.25, -0.2) is 0 Å². The number of hydrogen-bond acceptors (Lipinski definition) is 0. The van der Waals surface area contributed by atoms with Crippen LogP contribution < -0.4 is 0 Å². The highest BCUT2D eigenvalue weighted by Crippen LogP contribution is 2.81. The van der Waals surface area contributed by atoms with E-state index in [2.05, 4.69) is 95.6 Å². The molecule has 4 bridgehead atoms. The summed E-state index contributed by atoms with van der Waals surface area (Å²) in [5.41, 5.74) is 0. The van der Waals surface area contributed by atoms with Gasteiger partial charge in [-0.3, -0.25) is 0 Å². The van der Waals surface area contributed by atoms with Crippen LogP contribution in [0.2, 0.25) is 0 Å². The Bertz CT molecular complexity index is 460. The van der Waals surface area contributed by atoms with Crippen molar-refractivity contribution in [3.8, 4) is 0 Å². The highest BCUT2D eigenvalue weighted by Gasteiger charge is 2.82. The first-order valence-corrected chi connectivity index (χ1v) is 12.5. The fourth-order valence-corrected chi connectivity index (χ4v) is 16.6. The van der Waals surface area contributed by atoms with Gasteiger partial charge in [0.05, 0.1) is 0 Å². The molecule has 5 aliphatic rings. The normalized spacial score (nSPS) is 76.5. The van der Waals surface area contributed by atoms with Crippen LogP contribution in [-0.4, -0.2) is 28.0 Å². The molecule has 0 aromatic heterocycles. The van der Waals surface area contributed by atoms with Crippen molar-refractivity contribution in [3.63, 3.8) is 0 Å². The second kappa shape index (κ2) is 4.34. The van der Waals surface area contributed by atoms with Crippen molar-refractivity contribution >= 4 is 95.6 Å². The molecule has 5 fully saturated rings. The van der Waals surface area contributed by atoms with E-state index in [4.69, 9.17) is 0 Å². The van der Waals surface area contributed by atoms with E-state index in [0.29, 0.717) is 19.3 Å². The number of fused-ring (bicyclic) bond motifs is 4. The van der Waals surface area contributed by atoms with Crippen LogP contribution in [-0.2, 0) is 0 Å². The minimum Gasteiger partial charge on any atom is -0.0884 e. The Hall–Kier alpha value is 2.88. The Labute approximate surface area is 170 Å². The zero-order valence-electron chi connectivity index (χ0n) is 10.5. The molecule has 0 amide bonds. The maximum absolute atomic E-state index is 4.29. The Morgan fingerprint density at radius 3 is 1.55 bits per heavy atom. The third kappa shape index (κ3) is 1.33. The third-order valence-electron chi connectivity index (χ3n) is 7.17. The lowest BCUT2D eigenvalue weighted by Gasteiger charge is -2.63. The van der Waals surface area contributed by atoms with Crippen LogP contribution in [0.4, 0.5) is 0 Å². The quantitative estimate of drug-likeness (QED) is 0.286. The highest BCUT2D eigenvalue weighted by atomic mass is 79.9. The maximum Gasteiger partial charge on any atom is 0.0469 e. The Balaban J connectivity index is 1.75. The minimum absolute atomic E-state index is 0.267. The third-order valence-corrected chi connectivity index (χ3v) is 16.9. The second-order valence-corrected chi connectivity index (χ2v) is 14.2. The first-order chi connectivity index (χ1) is 9.34. The summed E-state index contributed by atoms with van der Waals surface area (Å²) in [4.78, 5) is 2.51. The van der Waals surface area contributed by atoms with Crippen LogP contribution >= 0.6 is 95.6 Å².